The molecule has 0 heterocycles. The minimum Gasteiger partial charge on any atom is -0.481 e. The van der Waals surface area contributed by atoms with E-state index in [1.165, 1.54) is 5.56 Å². The van der Waals surface area contributed by atoms with Crippen LogP contribution < -0.4 is 0 Å². The molecule has 0 amide bonds. The lowest BCUT2D eigenvalue weighted by Crippen LogP contribution is -2.23. The summed E-state index contributed by atoms with van der Waals surface area (Å²) in [6, 6.07) is 10.1. The lowest BCUT2D eigenvalue weighted by atomic mass is 9.85. The highest BCUT2D eigenvalue weighted by Crippen LogP contribution is 2.38. The fourth-order valence-electron chi connectivity index (χ4n) is 4.16. The summed E-state index contributed by atoms with van der Waals surface area (Å²) < 4.78 is 0. The van der Waals surface area contributed by atoms with Crippen LogP contribution in [0, 0.1) is 11.8 Å². The summed E-state index contributed by atoms with van der Waals surface area (Å²) in [5.41, 5.74) is 1.21. The summed E-state index contributed by atoms with van der Waals surface area (Å²) in [6.07, 6.45) is 7.91. The molecule has 0 radical (unpaired) electrons. The fourth-order valence-corrected chi connectivity index (χ4v) is 4.16. The highest BCUT2D eigenvalue weighted by Gasteiger charge is 2.40. The third-order valence-electron chi connectivity index (χ3n) is 5.80. The zero-order valence-corrected chi connectivity index (χ0v) is 16.5. The molecular formula is C23H34O5. The molecule has 5 nitrogen and oxygen atoms in total. The predicted molar refractivity (Wildman–Crippen MR) is 109 cm³/mol. The number of hydrogen-bond acceptors (Lipinski definition) is 4. The average molecular weight is 391 g/mol. The van der Waals surface area contributed by atoms with Gasteiger partial charge in [0, 0.05) is 6.42 Å². The van der Waals surface area contributed by atoms with Crippen molar-refractivity contribution in [3.05, 3.63) is 48.0 Å². The van der Waals surface area contributed by atoms with Crippen LogP contribution in [0.1, 0.15) is 56.9 Å². The van der Waals surface area contributed by atoms with E-state index >= 15 is 0 Å². The van der Waals surface area contributed by atoms with Gasteiger partial charge in [0.1, 0.15) is 0 Å². The van der Waals surface area contributed by atoms with E-state index < -0.39 is 24.3 Å². The summed E-state index contributed by atoms with van der Waals surface area (Å²) >= 11 is 0. The van der Waals surface area contributed by atoms with Gasteiger partial charge in [-0.3, -0.25) is 4.79 Å². The summed E-state index contributed by atoms with van der Waals surface area (Å²) in [5, 5.41) is 39.6. The van der Waals surface area contributed by atoms with E-state index in [0.29, 0.717) is 44.9 Å². The minimum absolute atomic E-state index is 0.00736. The lowest BCUT2D eigenvalue weighted by Gasteiger charge is -2.23. The Morgan fingerprint density at radius 3 is 2.50 bits per heavy atom. The molecule has 28 heavy (non-hydrogen) atoms. The third kappa shape index (κ3) is 7.74. The van der Waals surface area contributed by atoms with Crippen molar-refractivity contribution in [2.75, 3.05) is 0 Å². The Balaban J connectivity index is 1.74. The number of aliphatic carboxylic acids is 1. The van der Waals surface area contributed by atoms with Crippen molar-refractivity contribution in [3.8, 4) is 0 Å². The molecule has 1 aliphatic carbocycles. The first-order valence-corrected chi connectivity index (χ1v) is 10.4. The van der Waals surface area contributed by atoms with E-state index in [1.807, 2.05) is 30.4 Å². The van der Waals surface area contributed by atoms with Gasteiger partial charge in [0.25, 0.3) is 0 Å². The summed E-state index contributed by atoms with van der Waals surface area (Å²) in [6.45, 7) is 0. The number of unbranched alkanes of at least 4 members (excludes halogenated alkanes) is 1. The molecule has 0 spiro atoms. The Kier molecular flexibility index (Phi) is 9.68. The molecule has 0 aromatic heterocycles. The highest BCUT2D eigenvalue weighted by atomic mass is 16.4. The molecule has 1 fully saturated rings. The number of aryl methyl sites for hydroxylation is 1. The zero-order valence-electron chi connectivity index (χ0n) is 16.5. The molecule has 1 saturated carbocycles. The fraction of sp³-hybridized carbons (Fsp3) is 0.609. The molecule has 0 saturated heterocycles. The first kappa shape index (κ1) is 22.6. The van der Waals surface area contributed by atoms with Gasteiger partial charge in [0.05, 0.1) is 18.3 Å². The molecule has 0 bridgehead atoms. The summed E-state index contributed by atoms with van der Waals surface area (Å²) in [7, 11) is 0. The van der Waals surface area contributed by atoms with Crippen LogP contribution in [-0.4, -0.2) is 44.7 Å². The maximum Gasteiger partial charge on any atom is 0.303 e. The molecule has 5 atom stereocenters. The molecule has 156 valence electrons. The number of carbonyl (C=O) groups is 1. The third-order valence-corrected chi connectivity index (χ3v) is 5.80. The number of aliphatic hydroxyl groups is 3. The smallest absolute Gasteiger partial charge is 0.303 e. The molecular weight excluding hydrogens is 356 g/mol. The van der Waals surface area contributed by atoms with Crippen LogP contribution in [-0.2, 0) is 11.2 Å². The molecule has 1 aromatic rings. The van der Waals surface area contributed by atoms with Gasteiger partial charge in [-0.2, -0.15) is 0 Å². The Labute approximate surface area is 167 Å². The standard InChI is InChI=1S/C23H34O5/c24-18(13-12-17-8-4-3-5-9-17)14-15-20-19(21(25)16-22(20)26)10-6-1-2-7-11-23(27)28/h1,3-6,8-9,18-22,24-26H,2,7,10-16H2,(H,27,28)/t18-,19+,20-,21+,22-/m1/s1. The average Bonchev–Trinajstić information content (AvgIpc) is 2.94. The van der Waals surface area contributed by atoms with E-state index in [1.54, 1.807) is 0 Å². The first-order chi connectivity index (χ1) is 13.5. The molecule has 2 rings (SSSR count). The Morgan fingerprint density at radius 1 is 1.07 bits per heavy atom. The summed E-state index contributed by atoms with van der Waals surface area (Å²) in [4.78, 5) is 10.5. The van der Waals surface area contributed by atoms with Gasteiger partial charge < -0.3 is 20.4 Å². The molecule has 0 unspecified atom stereocenters. The van der Waals surface area contributed by atoms with E-state index in [-0.39, 0.29) is 18.3 Å². The molecule has 1 aromatic carbocycles. The molecule has 4 N–H and O–H groups in total. The highest BCUT2D eigenvalue weighted by molar-refractivity contribution is 5.66. The van der Waals surface area contributed by atoms with Gasteiger partial charge in [-0.25, -0.2) is 0 Å². The summed E-state index contributed by atoms with van der Waals surface area (Å²) in [5.74, 6) is -0.800. The number of rotatable bonds is 12. The largest absolute Gasteiger partial charge is 0.481 e. The van der Waals surface area contributed by atoms with Gasteiger partial charge in [-0.05, 0) is 68.8 Å². The zero-order chi connectivity index (χ0) is 20.4. The second kappa shape index (κ2) is 12.0. The van der Waals surface area contributed by atoms with E-state index in [9.17, 15) is 20.1 Å². The van der Waals surface area contributed by atoms with Gasteiger partial charge in [-0.15, -0.1) is 0 Å². The van der Waals surface area contributed by atoms with Crippen LogP contribution in [0.2, 0.25) is 0 Å². The number of carboxylic acids is 1. The topological polar surface area (TPSA) is 98.0 Å². The number of allylic oxidation sites excluding steroid dienone is 2. The van der Waals surface area contributed by atoms with Crippen LogP contribution >= 0.6 is 0 Å². The van der Waals surface area contributed by atoms with Crippen molar-refractivity contribution in [1.29, 1.82) is 0 Å². The number of aliphatic hydroxyl groups excluding tert-OH is 3. The normalized spacial score (nSPS) is 26.0. The van der Waals surface area contributed by atoms with Crippen LogP contribution in [0.15, 0.2) is 42.5 Å². The van der Waals surface area contributed by atoms with Crippen molar-refractivity contribution in [2.24, 2.45) is 11.8 Å². The van der Waals surface area contributed by atoms with Crippen LogP contribution in [0.25, 0.3) is 0 Å². The Morgan fingerprint density at radius 2 is 1.79 bits per heavy atom. The van der Waals surface area contributed by atoms with Gasteiger partial charge in [0.15, 0.2) is 0 Å². The Bertz CT molecular complexity index is 600. The predicted octanol–water partition coefficient (Wildman–Crippen LogP) is 3.32. The van der Waals surface area contributed by atoms with Gasteiger partial charge >= 0.3 is 5.97 Å². The van der Waals surface area contributed by atoms with E-state index in [4.69, 9.17) is 5.11 Å². The van der Waals surface area contributed by atoms with Crippen LogP contribution in [0.4, 0.5) is 0 Å². The van der Waals surface area contributed by atoms with Crippen LogP contribution in [0.3, 0.4) is 0 Å². The van der Waals surface area contributed by atoms with Crippen molar-refractivity contribution in [3.63, 3.8) is 0 Å². The van der Waals surface area contributed by atoms with Gasteiger partial charge in [-0.1, -0.05) is 42.5 Å². The molecule has 1 aliphatic rings. The lowest BCUT2D eigenvalue weighted by molar-refractivity contribution is -0.137. The quantitative estimate of drug-likeness (QED) is 0.324. The second-order valence-corrected chi connectivity index (χ2v) is 7.95. The molecule has 0 aliphatic heterocycles. The van der Waals surface area contributed by atoms with Crippen molar-refractivity contribution >= 4 is 5.97 Å². The van der Waals surface area contributed by atoms with Crippen molar-refractivity contribution in [1.82, 2.24) is 0 Å². The number of benzene rings is 1. The SMILES string of the molecule is O=C(O)CCCC=CC[C@H]1[C@@H](CC[C@H](O)CCc2ccccc2)[C@H](O)C[C@@H]1O. The maximum absolute atomic E-state index is 10.5. The number of hydrogen-bond donors (Lipinski definition) is 4. The molecule has 5 heteroatoms. The van der Waals surface area contributed by atoms with Crippen LogP contribution in [0.5, 0.6) is 0 Å². The Hall–Kier alpha value is -1.69. The van der Waals surface area contributed by atoms with Gasteiger partial charge in [0.2, 0.25) is 0 Å². The van der Waals surface area contributed by atoms with Crippen molar-refractivity contribution < 1.29 is 25.2 Å². The second-order valence-electron chi connectivity index (χ2n) is 7.95. The first-order valence-electron chi connectivity index (χ1n) is 10.4. The van der Waals surface area contributed by atoms with E-state index in [0.717, 1.165) is 6.42 Å². The maximum atomic E-state index is 10.5. The van der Waals surface area contributed by atoms with E-state index in [2.05, 4.69) is 12.1 Å². The van der Waals surface area contributed by atoms with Crippen molar-refractivity contribution in [2.45, 2.75) is 76.1 Å². The monoisotopic (exact) mass is 390 g/mol. The number of carboxylic acid groups (broad SMARTS) is 1. The minimum atomic E-state index is -0.784.